The number of hydrogen-bond donors (Lipinski definition) is 1. The summed E-state index contributed by atoms with van der Waals surface area (Å²) >= 11 is 0. The fraction of sp³-hybridized carbons (Fsp3) is 0.312. The number of aryl methyl sites for hydroxylation is 1. The molecule has 0 atom stereocenters. The van der Waals surface area contributed by atoms with Gasteiger partial charge in [0.25, 0.3) is 0 Å². The van der Waals surface area contributed by atoms with Crippen molar-refractivity contribution in [2.45, 2.75) is 19.9 Å². The van der Waals surface area contributed by atoms with Crippen LogP contribution in [0.5, 0.6) is 0 Å². The molecule has 0 amide bonds. The van der Waals surface area contributed by atoms with E-state index in [1.54, 1.807) is 13.0 Å². The Kier molecular flexibility index (Phi) is 5.27. The molecule has 2 rings (SSSR count). The van der Waals surface area contributed by atoms with E-state index in [1.165, 1.54) is 19.2 Å². The molecule has 1 heterocycles. The second kappa shape index (κ2) is 7.17. The SMILES string of the molecule is COC(=O)c1cc(CNCCc2cc(F)cc(F)c2)oc1C. The first kappa shape index (κ1) is 16.2. The lowest BCUT2D eigenvalue weighted by Crippen LogP contribution is -2.16. The molecule has 0 saturated carbocycles. The Bertz CT molecular complexity index is 647. The molecule has 0 fully saturated rings. The highest BCUT2D eigenvalue weighted by Gasteiger charge is 2.14. The number of carbonyl (C=O) groups is 1. The van der Waals surface area contributed by atoms with Crippen LogP contribution in [0.15, 0.2) is 28.7 Å². The van der Waals surface area contributed by atoms with Crippen molar-refractivity contribution in [1.29, 1.82) is 0 Å². The van der Waals surface area contributed by atoms with E-state index in [0.29, 0.717) is 42.2 Å². The predicted octanol–water partition coefficient (Wildman–Crippen LogP) is 2.99. The molecule has 118 valence electrons. The summed E-state index contributed by atoms with van der Waals surface area (Å²) in [6, 6.07) is 5.07. The number of carbonyl (C=O) groups excluding carboxylic acids is 1. The fourth-order valence-electron chi connectivity index (χ4n) is 2.14. The molecule has 0 radical (unpaired) electrons. The minimum Gasteiger partial charge on any atom is -0.465 e. The van der Waals surface area contributed by atoms with Crippen LogP contribution in [-0.2, 0) is 17.7 Å². The third-order valence-corrected chi connectivity index (χ3v) is 3.19. The van der Waals surface area contributed by atoms with Gasteiger partial charge >= 0.3 is 5.97 Å². The largest absolute Gasteiger partial charge is 0.465 e. The average Bonchev–Trinajstić information content (AvgIpc) is 2.83. The van der Waals surface area contributed by atoms with E-state index in [2.05, 4.69) is 10.1 Å². The maximum Gasteiger partial charge on any atom is 0.341 e. The third kappa shape index (κ3) is 4.14. The van der Waals surface area contributed by atoms with Gasteiger partial charge in [0.05, 0.1) is 13.7 Å². The Hall–Kier alpha value is -2.21. The average molecular weight is 309 g/mol. The molecule has 0 saturated heterocycles. The van der Waals surface area contributed by atoms with Gasteiger partial charge < -0.3 is 14.5 Å². The number of nitrogens with one attached hydrogen (secondary N) is 1. The quantitative estimate of drug-likeness (QED) is 0.658. The van der Waals surface area contributed by atoms with E-state index in [9.17, 15) is 13.6 Å². The molecule has 22 heavy (non-hydrogen) atoms. The van der Waals surface area contributed by atoms with Gasteiger partial charge in [0.2, 0.25) is 0 Å². The number of esters is 1. The van der Waals surface area contributed by atoms with Crippen molar-refractivity contribution in [3.05, 3.63) is 58.5 Å². The van der Waals surface area contributed by atoms with Crippen LogP contribution < -0.4 is 5.32 Å². The highest BCUT2D eigenvalue weighted by atomic mass is 19.1. The Morgan fingerprint density at radius 3 is 2.55 bits per heavy atom. The number of halogens is 2. The maximum absolute atomic E-state index is 13.0. The molecule has 0 aliphatic heterocycles. The first-order chi connectivity index (χ1) is 10.5. The Morgan fingerprint density at radius 1 is 1.23 bits per heavy atom. The minimum atomic E-state index is -0.584. The lowest BCUT2D eigenvalue weighted by molar-refractivity contribution is 0.0599. The van der Waals surface area contributed by atoms with Crippen molar-refractivity contribution in [2.75, 3.05) is 13.7 Å². The first-order valence-corrected chi connectivity index (χ1v) is 6.83. The molecule has 0 aliphatic rings. The molecule has 1 N–H and O–H groups in total. The van der Waals surface area contributed by atoms with E-state index in [1.807, 2.05) is 0 Å². The van der Waals surface area contributed by atoms with Crippen molar-refractivity contribution < 1.29 is 22.7 Å². The molecular formula is C16H17F2NO3. The van der Waals surface area contributed by atoms with Gasteiger partial charge in [-0.1, -0.05) is 0 Å². The van der Waals surface area contributed by atoms with E-state index >= 15 is 0 Å². The molecule has 6 heteroatoms. The summed E-state index contributed by atoms with van der Waals surface area (Å²) < 4.78 is 36.2. The minimum absolute atomic E-state index is 0.395. The number of methoxy groups -OCH3 is 1. The van der Waals surface area contributed by atoms with Crippen LogP contribution >= 0.6 is 0 Å². The van der Waals surface area contributed by atoms with Crippen LogP contribution in [0.25, 0.3) is 0 Å². The third-order valence-electron chi connectivity index (χ3n) is 3.19. The second-order valence-electron chi connectivity index (χ2n) is 4.88. The number of furan rings is 1. The molecule has 0 bridgehead atoms. The number of benzene rings is 1. The molecule has 4 nitrogen and oxygen atoms in total. The van der Waals surface area contributed by atoms with Gasteiger partial charge in [-0.25, -0.2) is 13.6 Å². The molecule has 2 aromatic rings. The number of hydrogen-bond acceptors (Lipinski definition) is 4. The van der Waals surface area contributed by atoms with Crippen LogP contribution in [0.1, 0.15) is 27.4 Å². The predicted molar refractivity (Wildman–Crippen MR) is 76.6 cm³/mol. The summed E-state index contributed by atoms with van der Waals surface area (Å²) in [5.74, 6) is -0.513. The Morgan fingerprint density at radius 2 is 1.91 bits per heavy atom. The molecular weight excluding hydrogens is 292 g/mol. The van der Waals surface area contributed by atoms with Gasteiger partial charge in [0.1, 0.15) is 28.7 Å². The Balaban J connectivity index is 1.85. The molecule has 1 aromatic heterocycles. The van der Waals surface area contributed by atoms with E-state index in [4.69, 9.17) is 4.42 Å². The van der Waals surface area contributed by atoms with Crippen LogP contribution in [0, 0.1) is 18.6 Å². The summed E-state index contributed by atoms with van der Waals surface area (Å²) in [7, 11) is 1.31. The lowest BCUT2D eigenvalue weighted by atomic mass is 10.1. The van der Waals surface area contributed by atoms with E-state index in [-0.39, 0.29) is 0 Å². The molecule has 1 aromatic carbocycles. The van der Waals surface area contributed by atoms with Crippen molar-refractivity contribution in [2.24, 2.45) is 0 Å². The lowest BCUT2D eigenvalue weighted by Gasteiger charge is -2.04. The van der Waals surface area contributed by atoms with Crippen molar-refractivity contribution in [1.82, 2.24) is 5.32 Å². The Labute approximate surface area is 127 Å². The van der Waals surface area contributed by atoms with Gasteiger partial charge in [-0.3, -0.25) is 0 Å². The maximum atomic E-state index is 13.0. The standard InChI is InChI=1S/C16H17F2NO3/c1-10-15(16(20)21-2)8-14(22-10)9-19-4-3-11-5-12(17)7-13(18)6-11/h5-8,19H,3-4,9H2,1-2H3. The highest BCUT2D eigenvalue weighted by Crippen LogP contribution is 2.15. The summed E-state index contributed by atoms with van der Waals surface area (Å²) in [6.07, 6.45) is 0.484. The van der Waals surface area contributed by atoms with Gasteiger partial charge in [-0.15, -0.1) is 0 Å². The smallest absolute Gasteiger partial charge is 0.341 e. The fourth-order valence-corrected chi connectivity index (χ4v) is 2.14. The highest BCUT2D eigenvalue weighted by molar-refractivity contribution is 5.90. The first-order valence-electron chi connectivity index (χ1n) is 6.83. The number of rotatable bonds is 6. The summed E-state index contributed by atoms with van der Waals surface area (Å²) in [5, 5.41) is 3.10. The van der Waals surface area contributed by atoms with E-state index in [0.717, 1.165) is 6.07 Å². The van der Waals surface area contributed by atoms with Gasteiger partial charge in [-0.2, -0.15) is 0 Å². The summed E-state index contributed by atoms with van der Waals surface area (Å²) in [5.41, 5.74) is 0.974. The van der Waals surface area contributed by atoms with Crippen LogP contribution in [-0.4, -0.2) is 19.6 Å². The second-order valence-corrected chi connectivity index (χ2v) is 4.88. The van der Waals surface area contributed by atoms with E-state index < -0.39 is 17.6 Å². The van der Waals surface area contributed by atoms with Crippen LogP contribution in [0.4, 0.5) is 8.78 Å². The summed E-state index contributed by atoms with van der Waals surface area (Å²) in [6.45, 7) is 2.62. The van der Waals surface area contributed by atoms with Crippen LogP contribution in [0.3, 0.4) is 0 Å². The molecule has 0 unspecified atom stereocenters. The molecule has 0 spiro atoms. The normalized spacial score (nSPS) is 10.7. The van der Waals surface area contributed by atoms with Crippen molar-refractivity contribution >= 4 is 5.97 Å². The monoisotopic (exact) mass is 309 g/mol. The zero-order valence-corrected chi connectivity index (χ0v) is 12.4. The van der Waals surface area contributed by atoms with Gasteiger partial charge in [-0.05, 0) is 43.7 Å². The zero-order chi connectivity index (χ0) is 16.1. The topological polar surface area (TPSA) is 51.5 Å². The van der Waals surface area contributed by atoms with Crippen molar-refractivity contribution in [3.63, 3.8) is 0 Å². The number of ether oxygens (including phenoxy) is 1. The molecule has 0 aliphatic carbocycles. The van der Waals surface area contributed by atoms with Gasteiger partial charge in [0.15, 0.2) is 0 Å². The summed E-state index contributed by atoms with van der Waals surface area (Å²) in [4.78, 5) is 11.5. The zero-order valence-electron chi connectivity index (χ0n) is 12.4. The van der Waals surface area contributed by atoms with Crippen LogP contribution in [0.2, 0.25) is 0 Å². The van der Waals surface area contributed by atoms with Gasteiger partial charge in [0, 0.05) is 6.07 Å². The van der Waals surface area contributed by atoms with Crippen molar-refractivity contribution in [3.8, 4) is 0 Å².